The standard InChI is InChI=1S/C16H20F2O5/c1-7(2)12(16(17,18)13(20)21)23-14(22)15-4-8-3-9(5-15)11(8)10(19)6-15/h7-9,12,19H,3-6H2,1-2H3,(H,20,21). The summed E-state index contributed by atoms with van der Waals surface area (Å²) < 4.78 is 32.7. The highest BCUT2D eigenvalue weighted by molar-refractivity contribution is 5.81. The maximum Gasteiger partial charge on any atom is 0.378 e. The molecule has 3 unspecified atom stereocenters. The van der Waals surface area contributed by atoms with Gasteiger partial charge in [-0.25, -0.2) is 4.79 Å². The van der Waals surface area contributed by atoms with Crippen LogP contribution >= 0.6 is 0 Å². The molecule has 5 rings (SSSR count). The monoisotopic (exact) mass is 330 g/mol. The van der Waals surface area contributed by atoms with Crippen molar-refractivity contribution in [3.05, 3.63) is 11.3 Å². The van der Waals surface area contributed by atoms with Crippen LogP contribution in [0.1, 0.15) is 39.5 Å². The van der Waals surface area contributed by atoms with Crippen LogP contribution in [-0.4, -0.2) is 34.2 Å². The first-order chi connectivity index (χ1) is 10.6. The number of ether oxygens (including phenoxy) is 1. The molecule has 0 aromatic heterocycles. The number of aliphatic hydroxyl groups is 1. The number of carbonyl (C=O) groups excluding carboxylic acids is 1. The molecule has 0 saturated heterocycles. The summed E-state index contributed by atoms with van der Waals surface area (Å²) >= 11 is 0. The molecule has 0 aromatic rings. The molecule has 0 amide bonds. The van der Waals surface area contributed by atoms with Crippen molar-refractivity contribution in [2.24, 2.45) is 23.2 Å². The van der Waals surface area contributed by atoms with E-state index in [4.69, 9.17) is 9.84 Å². The smallest absolute Gasteiger partial charge is 0.378 e. The minimum absolute atomic E-state index is 0.109. The van der Waals surface area contributed by atoms with Gasteiger partial charge >= 0.3 is 17.9 Å². The molecular weight excluding hydrogens is 310 g/mol. The molecule has 3 atom stereocenters. The van der Waals surface area contributed by atoms with Crippen molar-refractivity contribution in [2.75, 3.05) is 0 Å². The molecule has 0 radical (unpaired) electrons. The molecule has 0 aliphatic heterocycles. The summed E-state index contributed by atoms with van der Waals surface area (Å²) in [4.78, 5) is 23.4. The highest BCUT2D eigenvalue weighted by atomic mass is 19.3. The number of fused-ring (bicyclic) bond motifs is 1. The number of rotatable bonds is 5. The highest BCUT2D eigenvalue weighted by Gasteiger charge is 2.61. The van der Waals surface area contributed by atoms with Crippen molar-refractivity contribution >= 4 is 11.9 Å². The predicted molar refractivity (Wildman–Crippen MR) is 74.8 cm³/mol. The fraction of sp³-hybridized carbons (Fsp3) is 0.750. The van der Waals surface area contributed by atoms with Gasteiger partial charge in [-0.05, 0) is 42.6 Å². The molecule has 0 spiro atoms. The van der Waals surface area contributed by atoms with Gasteiger partial charge in [0.2, 0.25) is 0 Å². The first kappa shape index (κ1) is 16.2. The number of alkyl halides is 2. The lowest BCUT2D eigenvalue weighted by Crippen LogP contribution is -2.55. The number of hydrogen-bond acceptors (Lipinski definition) is 4. The third-order valence-electron chi connectivity index (χ3n) is 5.48. The number of halogens is 2. The van der Waals surface area contributed by atoms with Crippen molar-refractivity contribution in [3.63, 3.8) is 0 Å². The third kappa shape index (κ3) is 2.23. The Morgan fingerprint density at radius 1 is 1.30 bits per heavy atom. The Labute approximate surface area is 132 Å². The van der Waals surface area contributed by atoms with Crippen LogP contribution in [0.25, 0.3) is 0 Å². The van der Waals surface area contributed by atoms with Crippen LogP contribution in [0.2, 0.25) is 0 Å². The van der Waals surface area contributed by atoms with Crippen molar-refractivity contribution < 1.29 is 33.3 Å². The summed E-state index contributed by atoms with van der Waals surface area (Å²) in [7, 11) is 0. The maximum absolute atomic E-state index is 13.9. The van der Waals surface area contributed by atoms with E-state index in [2.05, 4.69) is 0 Å². The number of aliphatic carboxylic acids is 1. The molecule has 7 heteroatoms. The van der Waals surface area contributed by atoms with Crippen LogP contribution in [-0.2, 0) is 14.3 Å². The van der Waals surface area contributed by atoms with E-state index in [-0.39, 0.29) is 24.0 Å². The van der Waals surface area contributed by atoms with Crippen LogP contribution in [0.3, 0.4) is 0 Å². The Hall–Kier alpha value is -1.66. The maximum atomic E-state index is 13.9. The number of carbonyl (C=O) groups is 2. The molecule has 5 aliphatic rings. The third-order valence-corrected chi connectivity index (χ3v) is 5.48. The number of hydrogen-bond donors (Lipinski definition) is 2. The van der Waals surface area contributed by atoms with E-state index in [9.17, 15) is 23.5 Å². The van der Waals surface area contributed by atoms with E-state index < -0.39 is 35.3 Å². The van der Waals surface area contributed by atoms with Gasteiger partial charge in [0.1, 0.15) is 0 Å². The summed E-state index contributed by atoms with van der Waals surface area (Å²) in [5.74, 6) is -7.65. The number of esters is 1. The SMILES string of the molecule is CC(C)C(OC(=O)C12CC(O)=C3C(CC3C1)C2)C(F)(F)C(=O)O. The van der Waals surface area contributed by atoms with Gasteiger partial charge in [-0.3, -0.25) is 4.79 Å². The Kier molecular flexibility index (Phi) is 3.46. The van der Waals surface area contributed by atoms with Crippen LogP contribution in [0, 0.1) is 23.2 Å². The minimum atomic E-state index is -4.14. The van der Waals surface area contributed by atoms with Gasteiger partial charge in [-0.2, -0.15) is 8.78 Å². The quantitative estimate of drug-likeness (QED) is 0.757. The zero-order valence-electron chi connectivity index (χ0n) is 13.0. The van der Waals surface area contributed by atoms with Gasteiger partial charge in [0.25, 0.3) is 0 Å². The van der Waals surface area contributed by atoms with Crippen LogP contribution in [0.5, 0.6) is 0 Å². The van der Waals surface area contributed by atoms with E-state index in [1.807, 2.05) is 0 Å². The summed E-state index contributed by atoms with van der Waals surface area (Å²) in [6.07, 6.45) is -0.0194. The van der Waals surface area contributed by atoms with Gasteiger partial charge in [-0.1, -0.05) is 13.8 Å². The summed E-state index contributed by atoms with van der Waals surface area (Å²) in [5.41, 5.74) is 0.0252. The van der Waals surface area contributed by atoms with E-state index >= 15 is 0 Å². The molecule has 3 saturated carbocycles. The minimum Gasteiger partial charge on any atom is -0.512 e. The van der Waals surface area contributed by atoms with Crippen molar-refractivity contribution in [2.45, 2.75) is 51.6 Å². The average Bonchev–Trinajstić information content (AvgIpc) is 2.42. The first-order valence-corrected chi connectivity index (χ1v) is 7.82. The number of carboxylic acid groups (broad SMARTS) is 1. The van der Waals surface area contributed by atoms with Gasteiger partial charge < -0.3 is 14.9 Å². The number of carboxylic acids is 1. The van der Waals surface area contributed by atoms with Crippen LogP contribution in [0.4, 0.5) is 8.78 Å². The molecule has 0 heterocycles. The molecule has 2 N–H and O–H groups in total. The van der Waals surface area contributed by atoms with Crippen LogP contribution < -0.4 is 0 Å². The summed E-state index contributed by atoms with van der Waals surface area (Å²) in [6, 6.07) is 0. The van der Waals surface area contributed by atoms with E-state index in [0.717, 1.165) is 12.0 Å². The normalized spacial score (nSPS) is 33.4. The number of allylic oxidation sites excluding steroid dienone is 2. The molecule has 5 nitrogen and oxygen atoms in total. The highest BCUT2D eigenvalue weighted by Crippen LogP contribution is 2.64. The van der Waals surface area contributed by atoms with Gasteiger partial charge in [0, 0.05) is 6.42 Å². The van der Waals surface area contributed by atoms with Gasteiger partial charge in [0.15, 0.2) is 6.10 Å². The average molecular weight is 330 g/mol. The van der Waals surface area contributed by atoms with Crippen molar-refractivity contribution in [1.29, 1.82) is 0 Å². The fourth-order valence-electron chi connectivity index (χ4n) is 4.45. The Bertz CT molecular complexity index is 581. The second-order valence-corrected chi connectivity index (χ2v) is 7.39. The zero-order valence-corrected chi connectivity index (χ0v) is 13.0. The topological polar surface area (TPSA) is 83.8 Å². The molecule has 3 fully saturated rings. The van der Waals surface area contributed by atoms with Crippen molar-refractivity contribution in [3.8, 4) is 0 Å². The van der Waals surface area contributed by atoms with E-state index in [1.54, 1.807) is 0 Å². The molecule has 5 aliphatic carbocycles. The summed E-state index contributed by atoms with van der Waals surface area (Å²) in [5, 5.41) is 18.8. The van der Waals surface area contributed by atoms with Crippen molar-refractivity contribution in [1.82, 2.24) is 0 Å². The Balaban J connectivity index is 1.81. The van der Waals surface area contributed by atoms with Gasteiger partial charge in [-0.15, -0.1) is 0 Å². The molecule has 4 bridgehead atoms. The van der Waals surface area contributed by atoms with E-state index in [0.29, 0.717) is 12.8 Å². The number of aliphatic hydroxyl groups excluding tert-OH is 1. The predicted octanol–water partition coefficient (Wildman–Crippen LogP) is 2.91. The summed E-state index contributed by atoms with van der Waals surface area (Å²) in [6.45, 7) is 2.78. The first-order valence-electron chi connectivity index (χ1n) is 7.82. The lowest BCUT2D eigenvalue weighted by atomic mass is 9.47. The molecule has 23 heavy (non-hydrogen) atoms. The second kappa shape index (κ2) is 4.92. The molecular formula is C16H20F2O5. The largest absolute Gasteiger partial charge is 0.512 e. The Morgan fingerprint density at radius 3 is 2.30 bits per heavy atom. The van der Waals surface area contributed by atoms with Crippen LogP contribution in [0.15, 0.2) is 11.3 Å². The molecule has 0 aromatic carbocycles. The lowest BCUT2D eigenvalue weighted by molar-refractivity contribution is -0.208. The lowest BCUT2D eigenvalue weighted by Gasteiger charge is -2.57. The van der Waals surface area contributed by atoms with E-state index in [1.165, 1.54) is 13.8 Å². The molecule has 128 valence electrons. The van der Waals surface area contributed by atoms with Gasteiger partial charge in [0.05, 0.1) is 11.2 Å². The second-order valence-electron chi connectivity index (χ2n) is 7.39. The zero-order chi connectivity index (χ0) is 17.2. The fourth-order valence-corrected chi connectivity index (χ4v) is 4.45. The Morgan fingerprint density at radius 2 is 1.87 bits per heavy atom.